The van der Waals surface area contributed by atoms with Crippen molar-refractivity contribution in [3.63, 3.8) is 0 Å². The van der Waals surface area contributed by atoms with E-state index in [1.165, 1.54) is 28.9 Å². The molecule has 3 nitrogen and oxygen atoms in total. The predicted molar refractivity (Wildman–Crippen MR) is 109 cm³/mol. The van der Waals surface area contributed by atoms with Crippen LogP contribution in [0.1, 0.15) is 11.1 Å². The zero-order valence-corrected chi connectivity index (χ0v) is 15.5. The zero-order chi connectivity index (χ0) is 19.1. The zero-order valence-electron chi connectivity index (χ0n) is 15.5. The lowest BCUT2D eigenvalue weighted by Crippen LogP contribution is -2.42. The Balaban J connectivity index is 1.50. The average Bonchev–Trinajstić information content (AvgIpc) is 3.45. The van der Waals surface area contributed by atoms with Gasteiger partial charge in [0, 0.05) is 18.8 Å². The Bertz CT molecular complexity index is 1020. The monoisotopic (exact) mass is 372 g/mol. The van der Waals surface area contributed by atoms with Gasteiger partial charge in [0.1, 0.15) is 12.4 Å². The van der Waals surface area contributed by atoms with Gasteiger partial charge in [-0.05, 0) is 52.9 Å². The number of amides is 1. The molecule has 0 N–H and O–H groups in total. The molecule has 2 heterocycles. The van der Waals surface area contributed by atoms with E-state index in [-0.39, 0.29) is 17.8 Å². The standard InChI is InChI=1S/C24H21FN2O/c25-21-9-6-18(7-10-21)19-8-11-23-20(12-19)13-22(27-16-24(27)28)15-26(23)14-17-4-2-1-3-5-17/h1-12,22H,13-16H2. The summed E-state index contributed by atoms with van der Waals surface area (Å²) in [5.74, 6) is 0.0126. The third kappa shape index (κ3) is 3.26. The van der Waals surface area contributed by atoms with E-state index >= 15 is 0 Å². The second-order valence-corrected chi connectivity index (χ2v) is 7.60. The van der Waals surface area contributed by atoms with Crippen LogP contribution in [0.4, 0.5) is 10.1 Å². The van der Waals surface area contributed by atoms with E-state index in [9.17, 15) is 9.18 Å². The van der Waals surface area contributed by atoms with Gasteiger partial charge in [0.05, 0.1) is 6.04 Å². The smallest absolute Gasteiger partial charge is 0.243 e. The van der Waals surface area contributed by atoms with Crippen molar-refractivity contribution in [3.8, 4) is 11.1 Å². The molecule has 1 atom stereocenters. The first-order valence-corrected chi connectivity index (χ1v) is 9.64. The van der Waals surface area contributed by atoms with Gasteiger partial charge >= 0.3 is 0 Å². The fourth-order valence-electron chi connectivity index (χ4n) is 4.16. The molecule has 0 bridgehead atoms. The third-order valence-electron chi connectivity index (χ3n) is 5.66. The quantitative estimate of drug-likeness (QED) is 0.639. The topological polar surface area (TPSA) is 23.3 Å². The number of carbonyl (C=O) groups excluding carboxylic acids is 1. The van der Waals surface area contributed by atoms with Crippen LogP contribution in [-0.4, -0.2) is 29.9 Å². The van der Waals surface area contributed by atoms with E-state index in [1.807, 2.05) is 23.1 Å². The number of anilines is 1. The Morgan fingerprint density at radius 3 is 2.36 bits per heavy atom. The molecule has 1 saturated heterocycles. The molecule has 0 radical (unpaired) electrons. The molecule has 140 valence electrons. The Kier molecular flexibility index (Phi) is 4.12. The molecule has 0 saturated carbocycles. The fourth-order valence-corrected chi connectivity index (χ4v) is 4.16. The van der Waals surface area contributed by atoms with Crippen molar-refractivity contribution in [2.24, 2.45) is 0 Å². The second-order valence-electron chi connectivity index (χ2n) is 7.60. The summed E-state index contributed by atoms with van der Waals surface area (Å²) in [4.78, 5) is 16.1. The summed E-state index contributed by atoms with van der Waals surface area (Å²) in [7, 11) is 0. The number of nitrogens with zero attached hydrogens (tertiary/aromatic N) is 2. The van der Waals surface area contributed by atoms with Gasteiger partial charge in [-0.2, -0.15) is 0 Å². The molecular weight excluding hydrogens is 351 g/mol. The van der Waals surface area contributed by atoms with Crippen molar-refractivity contribution in [2.45, 2.75) is 19.0 Å². The van der Waals surface area contributed by atoms with Gasteiger partial charge in [-0.15, -0.1) is 0 Å². The number of hydrogen-bond donors (Lipinski definition) is 0. The van der Waals surface area contributed by atoms with E-state index in [1.54, 1.807) is 0 Å². The highest BCUT2D eigenvalue weighted by Gasteiger charge is 2.40. The summed E-state index contributed by atoms with van der Waals surface area (Å²) in [5, 5.41) is 0. The number of fused-ring (bicyclic) bond motifs is 1. The van der Waals surface area contributed by atoms with Gasteiger partial charge in [-0.3, -0.25) is 4.79 Å². The maximum absolute atomic E-state index is 13.3. The molecule has 28 heavy (non-hydrogen) atoms. The van der Waals surface area contributed by atoms with Crippen LogP contribution >= 0.6 is 0 Å². The van der Waals surface area contributed by atoms with Gasteiger partial charge in [-0.1, -0.05) is 48.5 Å². The molecule has 3 aromatic carbocycles. The van der Waals surface area contributed by atoms with Crippen LogP contribution in [-0.2, 0) is 17.8 Å². The van der Waals surface area contributed by atoms with Crippen molar-refractivity contribution in [3.05, 3.63) is 89.7 Å². The molecule has 2 aliphatic heterocycles. The number of carbonyl (C=O) groups is 1. The second kappa shape index (κ2) is 6.79. The number of hydrogen-bond acceptors (Lipinski definition) is 2. The first-order valence-electron chi connectivity index (χ1n) is 9.64. The van der Waals surface area contributed by atoms with Crippen molar-refractivity contribution in [2.75, 3.05) is 18.0 Å². The highest BCUT2D eigenvalue weighted by Crippen LogP contribution is 2.35. The minimum absolute atomic E-state index is 0.215. The van der Waals surface area contributed by atoms with Crippen LogP contribution in [0.5, 0.6) is 0 Å². The maximum Gasteiger partial charge on any atom is 0.243 e. The molecule has 1 fully saturated rings. The van der Waals surface area contributed by atoms with E-state index in [0.29, 0.717) is 6.54 Å². The predicted octanol–water partition coefficient (Wildman–Crippen LogP) is 4.27. The molecule has 0 spiro atoms. The molecular formula is C24H21FN2O. The Hall–Kier alpha value is -3.14. The molecule has 0 aliphatic carbocycles. The number of halogens is 1. The van der Waals surface area contributed by atoms with E-state index in [2.05, 4.69) is 47.4 Å². The first-order chi connectivity index (χ1) is 13.7. The normalized spacial score (nSPS) is 18.2. The summed E-state index contributed by atoms with van der Waals surface area (Å²) in [6.07, 6.45) is 0.862. The van der Waals surface area contributed by atoms with Gasteiger partial charge < -0.3 is 9.80 Å². The summed E-state index contributed by atoms with van der Waals surface area (Å²) in [6, 6.07) is 23.7. The minimum atomic E-state index is -0.226. The van der Waals surface area contributed by atoms with Crippen molar-refractivity contribution in [1.82, 2.24) is 4.90 Å². The van der Waals surface area contributed by atoms with Crippen LogP contribution in [0.15, 0.2) is 72.8 Å². The van der Waals surface area contributed by atoms with E-state index < -0.39 is 0 Å². The maximum atomic E-state index is 13.3. The van der Waals surface area contributed by atoms with Crippen LogP contribution in [0.25, 0.3) is 11.1 Å². The summed E-state index contributed by atoms with van der Waals surface area (Å²) >= 11 is 0. The summed E-state index contributed by atoms with van der Waals surface area (Å²) < 4.78 is 13.3. The van der Waals surface area contributed by atoms with Crippen LogP contribution in [0.2, 0.25) is 0 Å². The van der Waals surface area contributed by atoms with Crippen LogP contribution in [0, 0.1) is 5.82 Å². The van der Waals surface area contributed by atoms with E-state index in [0.717, 1.165) is 30.6 Å². The Labute approximate surface area is 164 Å². The first kappa shape index (κ1) is 17.0. The van der Waals surface area contributed by atoms with Crippen LogP contribution < -0.4 is 4.90 Å². The number of benzene rings is 3. The van der Waals surface area contributed by atoms with Gasteiger partial charge in [0.2, 0.25) is 5.91 Å². The Morgan fingerprint density at radius 2 is 1.64 bits per heavy atom. The molecule has 4 heteroatoms. The van der Waals surface area contributed by atoms with E-state index in [4.69, 9.17) is 0 Å². The molecule has 5 rings (SSSR count). The molecule has 1 unspecified atom stereocenters. The lowest BCUT2D eigenvalue weighted by Gasteiger charge is -2.37. The molecule has 1 amide bonds. The van der Waals surface area contributed by atoms with Gasteiger partial charge in [0.25, 0.3) is 0 Å². The number of rotatable bonds is 4. The third-order valence-corrected chi connectivity index (χ3v) is 5.66. The molecule has 0 aromatic heterocycles. The summed E-state index contributed by atoms with van der Waals surface area (Å²) in [6.45, 7) is 2.24. The van der Waals surface area contributed by atoms with Gasteiger partial charge in [-0.25, -0.2) is 4.39 Å². The minimum Gasteiger partial charge on any atom is -0.365 e. The molecule has 3 aromatic rings. The SMILES string of the molecule is O=C1CN1C1Cc2cc(-c3ccc(F)cc3)ccc2N(Cc2ccccc2)C1. The van der Waals surface area contributed by atoms with Gasteiger partial charge in [0.15, 0.2) is 0 Å². The molecule has 2 aliphatic rings. The average molecular weight is 372 g/mol. The van der Waals surface area contributed by atoms with Crippen molar-refractivity contribution >= 4 is 11.6 Å². The fraction of sp³-hybridized carbons (Fsp3) is 0.208. The van der Waals surface area contributed by atoms with Crippen LogP contribution in [0.3, 0.4) is 0 Å². The lowest BCUT2D eigenvalue weighted by atomic mass is 9.93. The van der Waals surface area contributed by atoms with Crippen molar-refractivity contribution < 1.29 is 9.18 Å². The Morgan fingerprint density at radius 1 is 0.929 bits per heavy atom. The lowest BCUT2D eigenvalue weighted by molar-refractivity contribution is -0.114. The van der Waals surface area contributed by atoms with Crippen molar-refractivity contribution in [1.29, 1.82) is 0 Å². The highest BCUT2D eigenvalue weighted by atomic mass is 19.1. The summed E-state index contributed by atoms with van der Waals surface area (Å²) in [5.41, 5.74) is 5.81. The highest BCUT2D eigenvalue weighted by molar-refractivity contribution is 5.93. The largest absolute Gasteiger partial charge is 0.365 e.